The van der Waals surface area contributed by atoms with Crippen molar-refractivity contribution in [1.29, 1.82) is 0 Å². The van der Waals surface area contributed by atoms with Gasteiger partial charge < -0.3 is 5.73 Å². The first-order valence-corrected chi connectivity index (χ1v) is 6.96. The molecular weight excluding hydrogens is 278 g/mol. The molecule has 0 aliphatic heterocycles. The second-order valence-electron chi connectivity index (χ2n) is 5.65. The Labute approximate surface area is 128 Å². The number of amides is 1. The lowest BCUT2D eigenvalue weighted by Gasteiger charge is -2.23. The third-order valence-corrected chi connectivity index (χ3v) is 3.64. The summed E-state index contributed by atoms with van der Waals surface area (Å²) in [5.41, 5.74) is 7.16. The smallest absolute Gasteiger partial charge is 0.249 e. The summed E-state index contributed by atoms with van der Waals surface area (Å²) in [6.07, 6.45) is 1.65. The molecule has 0 spiro atoms. The van der Waals surface area contributed by atoms with E-state index in [0.717, 1.165) is 5.56 Å². The highest BCUT2D eigenvalue weighted by molar-refractivity contribution is 5.97. The highest BCUT2D eigenvalue weighted by Crippen LogP contribution is 2.24. The Bertz CT molecular complexity index is 823. The van der Waals surface area contributed by atoms with Gasteiger partial charge in [-0.25, -0.2) is 4.52 Å². The van der Waals surface area contributed by atoms with E-state index >= 15 is 0 Å². The van der Waals surface area contributed by atoms with Gasteiger partial charge in [-0.05, 0) is 31.5 Å². The first-order chi connectivity index (χ1) is 10.5. The van der Waals surface area contributed by atoms with Crippen LogP contribution in [0.1, 0.15) is 19.4 Å². The van der Waals surface area contributed by atoms with Crippen molar-refractivity contribution < 1.29 is 4.79 Å². The largest absolute Gasteiger partial charge is 0.397 e. The Morgan fingerprint density at radius 1 is 1.18 bits per heavy atom. The predicted molar refractivity (Wildman–Crippen MR) is 85.5 cm³/mol. The highest BCUT2D eigenvalue weighted by Gasteiger charge is 2.30. The zero-order chi connectivity index (χ0) is 15.7. The molecular formula is C16H17N5O. The zero-order valence-corrected chi connectivity index (χ0v) is 12.4. The van der Waals surface area contributed by atoms with Crippen LogP contribution in [0.5, 0.6) is 0 Å². The van der Waals surface area contributed by atoms with Gasteiger partial charge in [-0.15, -0.1) is 5.10 Å². The van der Waals surface area contributed by atoms with Crippen molar-refractivity contribution in [2.24, 2.45) is 0 Å². The number of aromatic nitrogens is 3. The molecule has 3 N–H and O–H groups in total. The van der Waals surface area contributed by atoms with Gasteiger partial charge in [-0.1, -0.05) is 30.3 Å². The summed E-state index contributed by atoms with van der Waals surface area (Å²) in [4.78, 5) is 16.8. The molecule has 0 saturated heterocycles. The average Bonchev–Trinajstić information content (AvgIpc) is 2.89. The number of nitrogen functional groups attached to an aromatic ring is 1. The van der Waals surface area contributed by atoms with E-state index in [1.165, 1.54) is 0 Å². The van der Waals surface area contributed by atoms with Crippen LogP contribution >= 0.6 is 0 Å². The standard InChI is InChI=1S/C16H17N5O/c1-16(2,11-6-4-3-5-7-11)14(22)19-15-18-13-9-8-12(17)10-21(13)20-15/h3-10H,17H2,1-2H3,(H,19,20,22). The Balaban J connectivity index is 1.86. The average molecular weight is 295 g/mol. The van der Waals surface area contributed by atoms with Gasteiger partial charge in [-0.2, -0.15) is 4.98 Å². The van der Waals surface area contributed by atoms with Crippen LogP contribution in [0.15, 0.2) is 48.7 Å². The molecule has 2 heterocycles. The number of hydrogen-bond donors (Lipinski definition) is 2. The number of nitrogens with two attached hydrogens (primary N) is 1. The first kappa shape index (κ1) is 14.1. The van der Waals surface area contributed by atoms with Crippen LogP contribution in [0.4, 0.5) is 11.6 Å². The SMILES string of the molecule is CC(C)(C(=O)Nc1nc2ccc(N)cn2n1)c1ccccc1. The summed E-state index contributed by atoms with van der Waals surface area (Å²) >= 11 is 0. The van der Waals surface area contributed by atoms with Gasteiger partial charge in [0.15, 0.2) is 5.65 Å². The van der Waals surface area contributed by atoms with Crippen molar-refractivity contribution in [3.8, 4) is 0 Å². The van der Waals surface area contributed by atoms with Gasteiger partial charge in [0, 0.05) is 0 Å². The number of benzene rings is 1. The Morgan fingerprint density at radius 3 is 2.64 bits per heavy atom. The molecule has 0 saturated carbocycles. The number of hydrogen-bond acceptors (Lipinski definition) is 4. The third kappa shape index (κ3) is 2.50. The Hall–Kier alpha value is -2.89. The van der Waals surface area contributed by atoms with Crippen molar-refractivity contribution in [2.45, 2.75) is 19.3 Å². The molecule has 3 rings (SSSR count). The van der Waals surface area contributed by atoms with Crippen molar-refractivity contribution >= 4 is 23.2 Å². The number of carbonyl (C=O) groups excluding carboxylic acids is 1. The van der Waals surface area contributed by atoms with Gasteiger partial charge >= 0.3 is 0 Å². The lowest BCUT2D eigenvalue weighted by Crippen LogP contribution is -2.35. The van der Waals surface area contributed by atoms with Crippen LogP contribution in [0, 0.1) is 0 Å². The van der Waals surface area contributed by atoms with E-state index in [9.17, 15) is 4.79 Å². The fraction of sp³-hybridized carbons (Fsp3) is 0.188. The molecule has 0 bridgehead atoms. The van der Waals surface area contributed by atoms with Gasteiger partial charge in [-0.3, -0.25) is 10.1 Å². The summed E-state index contributed by atoms with van der Waals surface area (Å²) < 4.78 is 1.54. The number of pyridine rings is 1. The quantitative estimate of drug-likeness (QED) is 0.776. The number of rotatable bonds is 3. The number of nitrogens with one attached hydrogen (secondary N) is 1. The first-order valence-electron chi connectivity index (χ1n) is 6.96. The van der Waals surface area contributed by atoms with Crippen LogP contribution in [0.3, 0.4) is 0 Å². The molecule has 0 aliphatic carbocycles. The molecule has 0 fully saturated rings. The topological polar surface area (TPSA) is 85.3 Å². The molecule has 3 aromatic rings. The number of fused-ring (bicyclic) bond motifs is 1. The van der Waals surface area contributed by atoms with Crippen molar-refractivity contribution in [2.75, 3.05) is 11.1 Å². The van der Waals surface area contributed by atoms with E-state index in [2.05, 4.69) is 15.4 Å². The minimum absolute atomic E-state index is 0.164. The van der Waals surface area contributed by atoms with Crippen LogP contribution in [0.25, 0.3) is 5.65 Å². The summed E-state index contributed by atoms with van der Waals surface area (Å²) in [6.45, 7) is 3.73. The summed E-state index contributed by atoms with van der Waals surface area (Å²) in [7, 11) is 0. The van der Waals surface area contributed by atoms with Crippen molar-refractivity contribution in [1.82, 2.24) is 14.6 Å². The number of carbonyl (C=O) groups is 1. The van der Waals surface area contributed by atoms with Gasteiger partial charge in [0.05, 0.1) is 17.3 Å². The minimum Gasteiger partial charge on any atom is -0.397 e. The molecule has 0 unspecified atom stereocenters. The summed E-state index contributed by atoms with van der Waals surface area (Å²) in [6, 6.07) is 13.1. The van der Waals surface area contributed by atoms with Crippen LogP contribution in [-0.4, -0.2) is 20.5 Å². The zero-order valence-electron chi connectivity index (χ0n) is 12.4. The Kier molecular flexibility index (Phi) is 3.29. The summed E-state index contributed by atoms with van der Waals surface area (Å²) in [5.74, 6) is 0.0992. The third-order valence-electron chi connectivity index (χ3n) is 3.64. The monoisotopic (exact) mass is 295 g/mol. The maximum absolute atomic E-state index is 12.6. The van der Waals surface area contributed by atoms with Gasteiger partial charge in [0.25, 0.3) is 0 Å². The van der Waals surface area contributed by atoms with E-state index in [4.69, 9.17) is 5.73 Å². The second-order valence-corrected chi connectivity index (χ2v) is 5.65. The lowest BCUT2D eigenvalue weighted by molar-refractivity contribution is -0.120. The van der Waals surface area contributed by atoms with E-state index in [0.29, 0.717) is 11.3 Å². The fourth-order valence-electron chi connectivity index (χ4n) is 2.20. The highest BCUT2D eigenvalue weighted by atomic mass is 16.2. The fourth-order valence-corrected chi connectivity index (χ4v) is 2.20. The van der Waals surface area contributed by atoms with E-state index < -0.39 is 5.41 Å². The minimum atomic E-state index is -0.683. The molecule has 22 heavy (non-hydrogen) atoms. The molecule has 6 nitrogen and oxygen atoms in total. The predicted octanol–water partition coefficient (Wildman–Crippen LogP) is 2.23. The van der Waals surface area contributed by atoms with E-state index in [-0.39, 0.29) is 11.9 Å². The van der Waals surface area contributed by atoms with Crippen LogP contribution < -0.4 is 11.1 Å². The molecule has 6 heteroatoms. The van der Waals surface area contributed by atoms with E-state index in [1.807, 2.05) is 44.2 Å². The maximum atomic E-state index is 12.6. The van der Waals surface area contributed by atoms with Crippen molar-refractivity contribution in [3.63, 3.8) is 0 Å². The lowest BCUT2D eigenvalue weighted by atomic mass is 9.84. The Morgan fingerprint density at radius 2 is 1.91 bits per heavy atom. The van der Waals surface area contributed by atoms with Gasteiger partial charge in [0.1, 0.15) is 0 Å². The number of nitrogens with zero attached hydrogens (tertiary/aromatic N) is 3. The number of anilines is 2. The molecule has 0 atom stereocenters. The van der Waals surface area contributed by atoms with E-state index in [1.54, 1.807) is 22.8 Å². The molecule has 0 radical (unpaired) electrons. The molecule has 2 aromatic heterocycles. The molecule has 1 aromatic carbocycles. The second kappa shape index (κ2) is 5.14. The van der Waals surface area contributed by atoms with Crippen LogP contribution in [-0.2, 0) is 10.2 Å². The molecule has 1 amide bonds. The molecule has 112 valence electrons. The maximum Gasteiger partial charge on any atom is 0.249 e. The van der Waals surface area contributed by atoms with Crippen LogP contribution in [0.2, 0.25) is 0 Å². The normalized spacial score (nSPS) is 11.5. The summed E-state index contributed by atoms with van der Waals surface area (Å²) in [5, 5.41) is 6.98. The van der Waals surface area contributed by atoms with Gasteiger partial charge in [0.2, 0.25) is 11.9 Å². The molecule has 0 aliphatic rings. The van der Waals surface area contributed by atoms with Crippen molar-refractivity contribution in [3.05, 3.63) is 54.2 Å².